The summed E-state index contributed by atoms with van der Waals surface area (Å²) in [4.78, 5) is 2.42. The highest BCUT2D eigenvalue weighted by Crippen LogP contribution is 2.52. The van der Waals surface area contributed by atoms with Crippen LogP contribution in [0, 0.1) is 22.7 Å². The van der Waals surface area contributed by atoms with Crippen LogP contribution >= 0.6 is 0 Å². The second-order valence-corrected chi connectivity index (χ2v) is 13.7. The van der Waals surface area contributed by atoms with Crippen LogP contribution in [0.3, 0.4) is 0 Å². The van der Waals surface area contributed by atoms with Crippen LogP contribution in [0.25, 0.3) is 49.7 Å². The van der Waals surface area contributed by atoms with E-state index in [1.165, 1.54) is 33.3 Å². The Morgan fingerprint density at radius 1 is 0.451 bits per heavy atom. The van der Waals surface area contributed by atoms with Gasteiger partial charge in [-0.3, -0.25) is 0 Å². The summed E-state index contributed by atoms with van der Waals surface area (Å²) >= 11 is 0. The van der Waals surface area contributed by atoms with Crippen LogP contribution in [0.1, 0.15) is 36.1 Å². The van der Waals surface area contributed by atoms with Crippen LogP contribution in [0.2, 0.25) is 0 Å². The number of hydrogen-bond acceptors (Lipinski definition) is 3. The lowest BCUT2D eigenvalue weighted by Gasteiger charge is -2.42. The van der Waals surface area contributed by atoms with Crippen molar-refractivity contribution in [2.45, 2.75) is 19.3 Å². The van der Waals surface area contributed by atoms with Crippen molar-refractivity contribution in [3.8, 4) is 40.1 Å². The van der Waals surface area contributed by atoms with Crippen molar-refractivity contribution in [3.05, 3.63) is 180 Å². The highest BCUT2D eigenvalue weighted by Gasteiger charge is 2.36. The predicted octanol–water partition coefficient (Wildman–Crippen LogP) is 12.0. The SMILES string of the molecule is CC1(C)c2ccccc2N(c2cc(-c3cccc(-c4ccc(C#N)c(C#N)c4)c3)cc(-n3c4ccccc4c4ccccc43)c2)c2ccccc21. The fourth-order valence-corrected chi connectivity index (χ4v) is 7.96. The fraction of sp³-hybridized carbons (Fsp3) is 0.0638. The Morgan fingerprint density at radius 3 is 1.61 bits per heavy atom. The zero-order chi connectivity index (χ0) is 34.7. The van der Waals surface area contributed by atoms with E-state index in [1.54, 1.807) is 12.1 Å². The molecule has 9 rings (SSSR count). The van der Waals surface area contributed by atoms with Crippen LogP contribution in [0.5, 0.6) is 0 Å². The molecule has 0 bridgehead atoms. The predicted molar refractivity (Wildman–Crippen MR) is 208 cm³/mol. The molecule has 4 nitrogen and oxygen atoms in total. The van der Waals surface area contributed by atoms with Crippen LogP contribution in [0.15, 0.2) is 158 Å². The van der Waals surface area contributed by atoms with E-state index in [0.29, 0.717) is 11.1 Å². The first kappa shape index (κ1) is 30.2. The molecular weight excluding hydrogens is 621 g/mol. The molecule has 0 amide bonds. The van der Waals surface area contributed by atoms with Gasteiger partial charge in [0.1, 0.15) is 12.1 Å². The van der Waals surface area contributed by atoms with Gasteiger partial charge in [-0.25, -0.2) is 0 Å². The molecule has 4 heteroatoms. The lowest BCUT2D eigenvalue weighted by molar-refractivity contribution is 0.632. The molecule has 7 aromatic carbocycles. The van der Waals surface area contributed by atoms with Crippen molar-refractivity contribution in [2.75, 3.05) is 4.90 Å². The van der Waals surface area contributed by atoms with Gasteiger partial charge in [-0.05, 0) is 94.0 Å². The maximum Gasteiger partial charge on any atom is 0.101 e. The molecule has 0 saturated heterocycles. The Morgan fingerprint density at radius 2 is 0.980 bits per heavy atom. The maximum absolute atomic E-state index is 9.74. The van der Waals surface area contributed by atoms with E-state index in [0.717, 1.165) is 44.7 Å². The van der Waals surface area contributed by atoms with E-state index in [2.05, 4.69) is 175 Å². The van der Waals surface area contributed by atoms with E-state index in [4.69, 9.17) is 0 Å². The molecule has 1 aliphatic rings. The lowest BCUT2D eigenvalue weighted by Crippen LogP contribution is -2.30. The molecule has 2 heterocycles. The minimum atomic E-state index is -0.172. The average molecular weight is 653 g/mol. The fourth-order valence-electron chi connectivity index (χ4n) is 7.96. The van der Waals surface area contributed by atoms with E-state index in [-0.39, 0.29) is 5.41 Å². The molecule has 0 saturated carbocycles. The Labute approximate surface area is 297 Å². The van der Waals surface area contributed by atoms with Gasteiger partial charge in [-0.15, -0.1) is 0 Å². The van der Waals surface area contributed by atoms with Crippen molar-refractivity contribution >= 4 is 38.9 Å². The van der Waals surface area contributed by atoms with E-state index < -0.39 is 0 Å². The summed E-state index contributed by atoms with van der Waals surface area (Å²) in [5.41, 5.74) is 13.9. The zero-order valence-corrected chi connectivity index (χ0v) is 28.3. The van der Waals surface area contributed by atoms with Crippen molar-refractivity contribution in [1.29, 1.82) is 10.5 Å². The third-order valence-electron chi connectivity index (χ3n) is 10.4. The van der Waals surface area contributed by atoms with Gasteiger partial charge >= 0.3 is 0 Å². The third-order valence-corrected chi connectivity index (χ3v) is 10.4. The normalized spacial score (nSPS) is 13.0. The van der Waals surface area contributed by atoms with Gasteiger partial charge in [0.2, 0.25) is 0 Å². The molecule has 1 aromatic heterocycles. The lowest BCUT2D eigenvalue weighted by atomic mass is 9.73. The van der Waals surface area contributed by atoms with Crippen molar-refractivity contribution in [3.63, 3.8) is 0 Å². The molecule has 240 valence electrons. The molecule has 0 spiro atoms. The minimum Gasteiger partial charge on any atom is -0.310 e. The zero-order valence-electron chi connectivity index (χ0n) is 28.3. The van der Waals surface area contributed by atoms with Gasteiger partial charge in [0, 0.05) is 27.6 Å². The van der Waals surface area contributed by atoms with Crippen LogP contribution in [-0.2, 0) is 5.41 Å². The largest absolute Gasteiger partial charge is 0.310 e. The molecular formula is C47H32N4. The monoisotopic (exact) mass is 652 g/mol. The minimum absolute atomic E-state index is 0.172. The molecule has 0 aliphatic carbocycles. The number of nitrogens with zero attached hydrogens (tertiary/aromatic N) is 4. The Balaban J connectivity index is 1.32. The highest BCUT2D eigenvalue weighted by molar-refractivity contribution is 6.09. The summed E-state index contributed by atoms with van der Waals surface area (Å²) in [7, 11) is 0. The first-order valence-corrected chi connectivity index (χ1v) is 17.1. The van der Waals surface area contributed by atoms with Gasteiger partial charge in [-0.2, -0.15) is 10.5 Å². The summed E-state index contributed by atoms with van der Waals surface area (Å²) in [5, 5.41) is 21.7. The quantitative estimate of drug-likeness (QED) is 0.190. The third kappa shape index (κ3) is 4.73. The molecule has 0 N–H and O–H groups in total. The van der Waals surface area contributed by atoms with E-state index >= 15 is 0 Å². The van der Waals surface area contributed by atoms with Gasteiger partial charge in [0.25, 0.3) is 0 Å². The van der Waals surface area contributed by atoms with Crippen molar-refractivity contribution < 1.29 is 0 Å². The molecule has 0 radical (unpaired) electrons. The molecule has 51 heavy (non-hydrogen) atoms. The van der Waals surface area contributed by atoms with Gasteiger partial charge in [0.05, 0.1) is 33.5 Å². The average Bonchev–Trinajstić information content (AvgIpc) is 3.52. The second-order valence-electron chi connectivity index (χ2n) is 13.7. The Hall–Kier alpha value is -6.88. The number of anilines is 3. The number of benzene rings is 7. The number of rotatable bonds is 4. The summed E-state index contributed by atoms with van der Waals surface area (Å²) in [6.45, 7) is 4.63. The summed E-state index contributed by atoms with van der Waals surface area (Å²) in [5.74, 6) is 0. The van der Waals surface area contributed by atoms with Gasteiger partial charge in [-0.1, -0.05) is 111 Å². The number of para-hydroxylation sites is 4. The van der Waals surface area contributed by atoms with E-state index in [9.17, 15) is 10.5 Å². The highest BCUT2D eigenvalue weighted by atomic mass is 15.2. The van der Waals surface area contributed by atoms with Crippen molar-refractivity contribution in [2.24, 2.45) is 0 Å². The van der Waals surface area contributed by atoms with Crippen molar-refractivity contribution in [1.82, 2.24) is 4.57 Å². The summed E-state index contributed by atoms with van der Waals surface area (Å²) in [6.07, 6.45) is 0. The summed E-state index contributed by atoms with van der Waals surface area (Å²) < 4.78 is 2.38. The Kier molecular flexibility index (Phi) is 6.88. The molecule has 0 fully saturated rings. The standard InChI is InChI=1S/C47H32N4/c1-47(2)41-16-5-9-20-45(41)51(46-21-10-6-17-42(46)47)38-27-35(32-13-11-12-31(24-32)33-22-23-34(29-48)36(25-33)30-49)26-37(28-38)50-43-18-7-3-14-39(43)40-15-4-8-19-44(40)50/h3-28H,1-2H3. The second kappa shape index (κ2) is 11.6. The number of hydrogen-bond donors (Lipinski definition) is 0. The smallest absolute Gasteiger partial charge is 0.101 e. The first-order chi connectivity index (χ1) is 25.0. The molecule has 1 aliphatic heterocycles. The van der Waals surface area contributed by atoms with Gasteiger partial charge in [0.15, 0.2) is 0 Å². The molecule has 0 atom stereocenters. The topological polar surface area (TPSA) is 55.8 Å². The van der Waals surface area contributed by atoms with E-state index in [1.807, 2.05) is 6.07 Å². The first-order valence-electron chi connectivity index (χ1n) is 17.1. The number of aromatic nitrogens is 1. The number of fused-ring (bicyclic) bond motifs is 5. The molecule has 8 aromatic rings. The summed E-state index contributed by atoms with van der Waals surface area (Å²) in [6, 6.07) is 59.9. The van der Waals surface area contributed by atoms with Crippen LogP contribution < -0.4 is 4.90 Å². The maximum atomic E-state index is 9.74. The molecule has 0 unspecified atom stereocenters. The number of nitriles is 2. The van der Waals surface area contributed by atoms with Gasteiger partial charge < -0.3 is 9.47 Å². The Bertz CT molecular complexity index is 2670. The van der Waals surface area contributed by atoms with Crippen LogP contribution in [0.4, 0.5) is 17.1 Å². The van der Waals surface area contributed by atoms with Crippen LogP contribution in [-0.4, -0.2) is 4.57 Å².